The topological polar surface area (TPSA) is 20.3 Å². The number of rotatable bonds is 5. The van der Waals surface area contributed by atoms with Gasteiger partial charge in [0.15, 0.2) is 0 Å². The van der Waals surface area contributed by atoms with Crippen LogP contribution in [0.25, 0.3) is 0 Å². The van der Waals surface area contributed by atoms with Crippen molar-refractivity contribution in [3.63, 3.8) is 0 Å². The summed E-state index contributed by atoms with van der Waals surface area (Å²) in [6.07, 6.45) is 5.06. The van der Waals surface area contributed by atoms with Crippen molar-refractivity contribution in [1.29, 1.82) is 0 Å². The third-order valence-electron chi connectivity index (χ3n) is 3.78. The lowest BCUT2D eigenvalue weighted by Crippen LogP contribution is -2.32. The van der Waals surface area contributed by atoms with Crippen LogP contribution >= 0.6 is 0 Å². The van der Waals surface area contributed by atoms with Crippen LogP contribution < -0.4 is 4.90 Å². The summed E-state index contributed by atoms with van der Waals surface area (Å²) in [7, 11) is 0. The van der Waals surface area contributed by atoms with E-state index in [1.807, 2.05) is 12.1 Å². The van der Waals surface area contributed by atoms with Crippen molar-refractivity contribution in [3.8, 4) is 0 Å². The van der Waals surface area contributed by atoms with Crippen molar-refractivity contribution < 1.29 is 4.79 Å². The van der Waals surface area contributed by atoms with Gasteiger partial charge in [-0.05, 0) is 56.4 Å². The summed E-state index contributed by atoms with van der Waals surface area (Å²) in [6.45, 7) is 6.49. The molecule has 0 saturated heterocycles. The van der Waals surface area contributed by atoms with Crippen molar-refractivity contribution in [1.82, 2.24) is 0 Å². The van der Waals surface area contributed by atoms with Crippen LogP contribution in [0.1, 0.15) is 42.1 Å². The zero-order valence-electron chi connectivity index (χ0n) is 10.8. The number of carbonyl (C=O) groups is 1. The van der Waals surface area contributed by atoms with E-state index in [1.165, 1.54) is 30.5 Å². The minimum absolute atomic E-state index is 0.769. The van der Waals surface area contributed by atoms with E-state index in [4.69, 9.17) is 0 Å². The van der Waals surface area contributed by atoms with Gasteiger partial charge in [-0.3, -0.25) is 4.79 Å². The molecule has 0 spiro atoms. The Labute approximate surface area is 104 Å². The van der Waals surface area contributed by atoms with Crippen molar-refractivity contribution in [2.45, 2.75) is 33.1 Å². The average molecular weight is 231 g/mol. The molecule has 1 aliphatic rings. The fourth-order valence-corrected chi connectivity index (χ4v) is 2.49. The Morgan fingerprint density at radius 3 is 2.65 bits per heavy atom. The lowest BCUT2D eigenvalue weighted by molar-refractivity contribution is 0.112. The predicted octanol–water partition coefficient (Wildman–Crippen LogP) is 3.43. The SMILES string of the molecule is CCN(CC1CCC1)c1ccc(C=O)cc1C. The molecule has 92 valence electrons. The van der Waals surface area contributed by atoms with E-state index in [-0.39, 0.29) is 0 Å². The third-order valence-corrected chi connectivity index (χ3v) is 3.78. The van der Waals surface area contributed by atoms with E-state index < -0.39 is 0 Å². The molecule has 0 N–H and O–H groups in total. The van der Waals surface area contributed by atoms with Crippen LogP contribution in [0.2, 0.25) is 0 Å². The fourth-order valence-electron chi connectivity index (χ4n) is 2.49. The number of anilines is 1. The van der Waals surface area contributed by atoms with Crippen LogP contribution in [0.5, 0.6) is 0 Å². The maximum absolute atomic E-state index is 10.7. The minimum Gasteiger partial charge on any atom is -0.371 e. The van der Waals surface area contributed by atoms with E-state index in [0.29, 0.717) is 0 Å². The Morgan fingerprint density at radius 2 is 2.18 bits per heavy atom. The zero-order valence-corrected chi connectivity index (χ0v) is 10.8. The van der Waals surface area contributed by atoms with Gasteiger partial charge in [-0.25, -0.2) is 0 Å². The van der Waals surface area contributed by atoms with Gasteiger partial charge in [0.1, 0.15) is 6.29 Å². The van der Waals surface area contributed by atoms with Crippen molar-refractivity contribution in [2.24, 2.45) is 5.92 Å². The molecule has 1 aliphatic carbocycles. The lowest BCUT2D eigenvalue weighted by atomic mass is 9.85. The fraction of sp³-hybridized carbons (Fsp3) is 0.533. The first kappa shape index (κ1) is 12.2. The second kappa shape index (κ2) is 5.35. The van der Waals surface area contributed by atoms with Gasteiger partial charge < -0.3 is 4.90 Å². The van der Waals surface area contributed by atoms with Crippen LogP contribution in [-0.2, 0) is 0 Å². The molecule has 2 rings (SSSR count). The van der Waals surface area contributed by atoms with Crippen LogP contribution in [0, 0.1) is 12.8 Å². The first-order valence-electron chi connectivity index (χ1n) is 6.55. The Morgan fingerprint density at radius 1 is 1.41 bits per heavy atom. The van der Waals surface area contributed by atoms with Crippen molar-refractivity contribution in [2.75, 3.05) is 18.0 Å². The molecule has 0 unspecified atom stereocenters. The number of benzene rings is 1. The Kier molecular flexibility index (Phi) is 3.82. The van der Waals surface area contributed by atoms with Crippen LogP contribution in [0.4, 0.5) is 5.69 Å². The zero-order chi connectivity index (χ0) is 12.3. The summed E-state index contributed by atoms with van der Waals surface area (Å²) in [6, 6.07) is 5.98. The smallest absolute Gasteiger partial charge is 0.150 e. The summed E-state index contributed by atoms with van der Waals surface area (Å²) in [5, 5.41) is 0. The van der Waals surface area contributed by atoms with E-state index in [2.05, 4.69) is 24.8 Å². The summed E-state index contributed by atoms with van der Waals surface area (Å²) >= 11 is 0. The molecule has 2 heteroatoms. The first-order chi connectivity index (χ1) is 8.24. The standard InChI is InChI=1S/C15H21NO/c1-3-16(10-13-5-4-6-13)15-8-7-14(11-17)9-12(15)2/h7-9,11,13H,3-6,10H2,1-2H3. The van der Waals surface area contributed by atoms with Gasteiger partial charge in [0, 0.05) is 24.3 Å². The molecule has 0 heterocycles. The molecule has 0 aliphatic heterocycles. The normalized spacial score (nSPS) is 15.4. The molecule has 1 fully saturated rings. The molecular formula is C15H21NO. The molecule has 0 amide bonds. The van der Waals surface area contributed by atoms with E-state index in [1.54, 1.807) is 0 Å². The molecule has 1 aromatic rings. The van der Waals surface area contributed by atoms with E-state index >= 15 is 0 Å². The molecule has 0 aromatic heterocycles. The second-order valence-corrected chi connectivity index (χ2v) is 5.00. The van der Waals surface area contributed by atoms with Gasteiger partial charge in [0.25, 0.3) is 0 Å². The number of hydrogen-bond acceptors (Lipinski definition) is 2. The van der Waals surface area contributed by atoms with Crippen LogP contribution in [0.15, 0.2) is 18.2 Å². The molecule has 2 nitrogen and oxygen atoms in total. The highest BCUT2D eigenvalue weighted by Crippen LogP contribution is 2.30. The summed E-state index contributed by atoms with van der Waals surface area (Å²) in [5.41, 5.74) is 3.26. The van der Waals surface area contributed by atoms with Gasteiger partial charge in [0.2, 0.25) is 0 Å². The summed E-state index contributed by atoms with van der Waals surface area (Å²) in [5.74, 6) is 0.875. The second-order valence-electron chi connectivity index (χ2n) is 5.00. The number of nitrogens with zero attached hydrogens (tertiary/aromatic N) is 1. The summed E-state index contributed by atoms with van der Waals surface area (Å²) in [4.78, 5) is 13.2. The minimum atomic E-state index is 0.769. The largest absolute Gasteiger partial charge is 0.371 e. The van der Waals surface area contributed by atoms with Crippen molar-refractivity contribution in [3.05, 3.63) is 29.3 Å². The maximum atomic E-state index is 10.7. The molecule has 0 bridgehead atoms. The number of aldehydes is 1. The quantitative estimate of drug-likeness (QED) is 0.724. The Hall–Kier alpha value is -1.31. The Bertz CT molecular complexity index is 396. The highest BCUT2D eigenvalue weighted by atomic mass is 16.1. The molecule has 1 aromatic carbocycles. The average Bonchev–Trinajstić information content (AvgIpc) is 2.29. The first-order valence-corrected chi connectivity index (χ1v) is 6.55. The number of hydrogen-bond donors (Lipinski definition) is 0. The summed E-state index contributed by atoms with van der Waals surface area (Å²) < 4.78 is 0. The number of aryl methyl sites for hydroxylation is 1. The van der Waals surface area contributed by atoms with Crippen LogP contribution in [-0.4, -0.2) is 19.4 Å². The highest BCUT2D eigenvalue weighted by molar-refractivity contribution is 5.76. The van der Waals surface area contributed by atoms with Gasteiger partial charge >= 0.3 is 0 Å². The number of carbonyl (C=O) groups excluding carboxylic acids is 1. The van der Waals surface area contributed by atoms with E-state index in [9.17, 15) is 4.79 Å². The molecule has 17 heavy (non-hydrogen) atoms. The van der Waals surface area contributed by atoms with Crippen LogP contribution in [0.3, 0.4) is 0 Å². The third kappa shape index (κ3) is 2.68. The van der Waals surface area contributed by atoms with Gasteiger partial charge in [-0.1, -0.05) is 6.42 Å². The maximum Gasteiger partial charge on any atom is 0.150 e. The molecule has 0 atom stereocenters. The lowest BCUT2D eigenvalue weighted by Gasteiger charge is -2.34. The molecule has 0 radical (unpaired) electrons. The predicted molar refractivity (Wildman–Crippen MR) is 71.8 cm³/mol. The van der Waals surface area contributed by atoms with Gasteiger partial charge in [-0.15, -0.1) is 0 Å². The molecule has 1 saturated carbocycles. The highest BCUT2D eigenvalue weighted by Gasteiger charge is 2.20. The Balaban J connectivity index is 2.14. The van der Waals surface area contributed by atoms with Gasteiger partial charge in [-0.2, -0.15) is 0 Å². The monoisotopic (exact) mass is 231 g/mol. The van der Waals surface area contributed by atoms with Crippen molar-refractivity contribution >= 4 is 12.0 Å². The molecular weight excluding hydrogens is 210 g/mol. The van der Waals surface area contributed by atoms with E-state index in [0.717, 1.165) is 30.9 Å². The van der Waals surface area contributed by atoms with Gasteiger partial charge in [0.05, 0.1) is 0 Å².